The number of amides is 2. The van der Waals surface area contributed by atoms with Gasteiger partial charge in [0.05, 0.1) is 17.6 Å². The van der Waals surface area contributed by atoms with Gasteiger partial charge in [0.25, 0.3) is 0 Å². The summed E-state index contributed by atoms with van der Waals surface area (Å²) in [4.78, 5) is 15.9. The molecule has 4 nitrogen and oxygen atoms in total. The number of hydrogen-bond donors (Lipinski definition) is 1. The molecule has 1 atom stereocenters. The van der Waals surface area contributed by atoms with Crippen molar-refractivity contribution in [3.05, 3.63) is 17.5 Å². The van der Waals surface area contributed by atoms with Gasteiger partial charge in [-0.25, -0.2) is 4.79 Å². The van der Waals surface area contributed by atoms with Gasteiger partial charge in [-0.1, -0.05) is 0 Å². The Morgan fingerprint density at radius 2 is 2.47 bits per heavy atom. The highest BCUT2D eigenvalue weighted by atomic mass is 32.1. The molecule has 2 fully saturated rings. The van der Waals surface area contributed by atoms with Crippen LogP contribution >= 0.6 is 11.3 Å². The Hall–Kier alpha value is -1.07. The van der Waals surface area contributed by atoms with Crippen LogP contribution in [0.4, 0.5) is 9.80 Å². The molecule has 0 aromatic carbocycles. The highest BCUT2D eigenvalue weighted by Gasteiger charge is 2.39. The van der Waals surface area contributed by atoms with E-state index in [1.165, 1.54) is 0 Å². The first-order chi connectivity index (χ1) is 7.36. The van der Waals surface area contributed by atoms with E-state index in [4.69, 9.17) is 0 Å². The monoisotopic (exact) mass is 223 g/mol. The van der Waals surface area contributed by atoms with Crippen molar-refractivity contribution >= 4 is 22.4 Å². The van der Waals surface area contributed by atoms with Crippen LogP contribution in [0.3, 0.4) is 0 Å². The fourth-order valence-corrected chi connectivity index (χ4v) is 2.96. The number of nitrogens with zero attached hydrogens (tertiary/aromatic N) is 2. The molecule has 1 N–H and O–H groups in total. The van der Waals surface area contributed by atoms with E-state index in [0.717, 1.165) is 31.2 Å². The Kier molecular flexibility index (Phi) is 2.14. The molecule has 0 spiro atoms. The number of rotatable bonds is 1. The van der Waals surface area contributed by atoms with E-state index in [1.54, 1.807) is 11.3 Å². The second-order valence-electron chi connectivity index (χ2n) is 3.90. The number of hydrogen-bond acceptors (Lipinski definition) is 3. The van der Waals surface area contributed by atoms with Crippen molar-refractivity contribution in [1.82, 2.24) is 10.2 Å². The number of piperazine rings is 1. The molecule has 5 heteroatoms. The molecule has 0 radical (unpaired) electrons. The maximum absolute atomic E-state index is 12.1. The summed E-state index contributed by atoms with van der Waals surface area (Å²) in [5, 5.41) is 6.40. The first-order valence-electron chi connectivity index (χ1n) is 5.18. The zero-order valence-corrected chi connectivity index (χ0v) is 9.17. The largest absolute Gasteiger partial charge is 0.325 e. The Bertz CT molecular complexity index is 365. The third-order valence-electron chi connectivity index (χ3n) is 2.99. The molecular weight excluding hydrogens is 210 g/mol. The summed E-state index contributed by atoms with van der Waals surface area (Å²) in [5.41, 5.74) is 0. The smallest absolute Gasteiger partial charge is 0.317 e. The molecule has 80 valence electrons. The molecule has 3 rings (SSSR count). The minimum absolute atomic E-state index is 0.170. The first kappa shape index (κ1) is 9.18. The lowest BCUT2D eigenvalue weighted by Gasteiger charge is -2.28. The lowest BCUT2D eigenvalue weighted by atomic mass is 10.2. The van der Waals surface area contributed by atoms with Gasteiger partial charge >= 0.3 is 6.03 Å². The Labute approximate surface area is 92.5 Å². The van der Waals surface area contributed by atoms with E-state index in [0.29, 0.717) is 6.04 Å². The van der Waals surface area contributed by atoms with Crippen molar-refractivity contribution in [3.8, 4) is 0 Å². The maximum Gasteiger partial charge on any atom is 0.325 e. The summed E-state index contributed by atoms with van der Waals surface area (Å²) < 4.78 is 0. The summed E-state index contributed by atoms with van der Waals surface area (Å²) in [5.74, 6) is 0. The molecule has 2 saturated heterocycles. The Balaban J connectivity index is 1.85. The lowest BCUT2D eigenvalue weighted by molar-refractivity contribution is 0.193. The second kappa shape index (κ2) is 3.50. The fourth-order valence-electron chi connectivity index (χ4n) is 2.23. The number of urea groups is 1. The summed E-state index contributed by atoms with van der Waals surface area (Å²) in [6.45, 7) is 3.51. The third-order valence-corrected chi connectivity index (χ3v) is 3.88. The molecular formula is C10H13N3OS. The van der Waals surface area contributed by atoms with Crippen LogP contribution in [0.25, 0.3) is 0 Å². The lowest BCUT2D eigenvalue weighted by Crippen LogP contribution is -2.49. The van der Waals surface area contributed by atoms with Crippen LogP contribution in [0.2, 0.25) is 0 Å². The van der Waals surface area contributed by atoms with Gasteiger partial charge in [0.15, 0.2) is 0 Å². The second-order valence-corrected chi connectivity index (χ2v) is 4.82. The minimum Gasteiger partial charge on any atom is -0.317 e. The molecule has 0 bridgehead atoms. The van der Waals surface area contributed by atoms with Crippen LogP contribution in [-0.2, 0) is 0 Å². The van der Waals surface area contributed by atoms with Crippen LogP contribution in [0.5, 0.6) is 0 Å². The van der Waals surface area contributed by atoms with Gasteiger partial charge in [0.1, 0.15) is 0 Å². The normalized spacial score (nSPS) is 25.9. The van der Waals surface area contributed by atoms with E-state index in [2.05, 4.69) is 5.32 Å². The predicted octanol–water partition coefficient (Wildman–Crippen LogP) is 0.962. The number of carbonyl (C=O) groups is 1. The number of thiophene rings is 1. The van der Waals surface area contributed by atoms with Gasteiger partial charge in [-0.15, -0.1) is 11.3 Å². The molecule has 15 heavy (non-hydrogen) atoms. The topological polar surface area (TPSA) is 35.6 Å². The molecule has 1 aromatic rings. The van der Waals surface area contributed by atoms with Crippen molar-refractivity contribution in [2.24, 2.45) is 0 Å². The first-order valence-corrected chi connectivity index (χ1v) is 6.06. The Morgan fingerprint density at radius 1 is 1.53 bits per heavy atom. The van der Waals surface area contributed by atoms with Crippen LogP contribution in [0, 0.1) is 0 Å². The number of nitrogens with one attached hydrogen (secondary N) is 1. The van der Waals surface area contributed by atoms with E-state index < -0.39 is 0 Å². The fraction of sp³-hybridized carbons (Fsp3) is 0.500. The number of anilines is 1. The molecule has 2 aliphatic rings. The zero-order chi connectivity index (χ0) is 10.3. The van der Waals surface area contributed by atoms with Crippen LogP contribution in [-0.4, -0.2) is 43.2 Å². The van der Waals surface area contributed by atoms with Gasteiger partial charge in [-0.2, -0.15) is 0 Å². The number of fused-ring (bicyclic) bond motifs is 1. The molecule has 2 amide bonds. The molecule has 1 aromatic heterocycles. The van der Waals surface area contributed by atoms with Crippen molar-refractivity contribution in [2.45, 2.75) is 6.04 Å². The summed E-state index contributed by atoms with van der Waals surface area (Å²) in [7, 11) is 0. The van der Waals surface area contributed by atoms with Crippen LogP contribution in [0.1, 0.15) is 0 Å². The minimum atomic E-state index is 0.170. The highest BCUT2D eigenvalue weighted by molar-refractivity contribution is 7.14. The standard InChI is InChI=1S/C10H13N3OS/c14-10-12-4-3-11-6-8(12)7-13(10)9-2-1-5-15-9/h1-2,5,8,11H,3-4,6-7H2. The van der Waals surface area contributed by atoms with Crippen molar-refractivity contribution in [1.29, 1.82) is 0 Å². The SMILES string of the molecule is O=C1N(c2cccs2)CC2CNCCN12. The molecule has 2 aliphatic heterocycles. The van der Waals surface area contributed by atoms with Gasteiger partial charge < -0.3 is 10.2 Å². The van der Waals surface area contributed by atoms with E-state index >= 15 is 0 Å². The van der Waals surface area contributed by atoms with Gasteiger partial charge in [0, 0.05) is 19.6 Å². The van der Waals surface area contributed by atoms with Gasteiger partial charge in [0.2, 0.25) is 0 Å². The molecule has 0 saturated carbocycles. The quantitative estimate of drug-likeness (QED) is 0.770. The van der Waals surface area contributed by atoms with E-state index in [1.807, 2.05) is 27.3 Å². The predicted molar refractivity (Wildman–Crippen MR) is 60.4 cm³/mol. The van der Waals surface area contributed by atoms with Crippen molar-refractivity contribution in [2.75, 3.05) is 31.1 Å². The van der Waals surface area contributed by atoms with Crippen molar-refractivity contribution < 1.29 is 4.79 Å². The van der Waals surface area contributed by atoms with E-state index in [-0.39, 0.29) is 6.03 Å². The van der Waals surface area contributed by atoms with Crippen molar-refractivity contribution in [3.63, 3.8) is 0 Å². The zero-order valence-electron chi connectivity index (χ0n) is 8.35. The maximum atomic E-state index is 12.1. The highest BCUT2D eigenvalue weighted by Crippen LogP contribution is 2.28. The van der Waals surface area contributed by atoms with Crippen LogP contribution < -0.4 is 10.2 Å². The summed E-state index contributed by atoms with van der Waals surface area (Å²) >= 11 is 1.63. The third kappa shape index (κ3) is 1.42. The number of carbonyl (C=O) groups excluding carboxylic acids is 1. The average Bonchev–Trinajstić information content (AvgIpc) is 2.87. The summed E-state index contributed by atoms with van der Waals surface area (Å²) in [6, 6.07) is 4.52. The molecule has 0 aliphatic carbocycles. The molecule has 1 unspecified atom stereocenters. The van der Waals surface area contributed by atoms with Gasteiger partial charge in [-0.05, 0) is 17.5 Å². The Morgan fingerprint density at radius 3 is 3.20 bits per heavy atom. The van der Waals surface area contributed by atoms with Crippen LogP contribution in [0.15, 0.2) is 17.5 Å². The average molecular weight is 223 g/mol. The van der Waals surface area contributed by atoms with Gasteiger partial charge in [-0.3, -0.25) is 4.90 Å². The molecule has 3 heterocycles. The van der Waals surface area contributed by atoms with E-state index in [9.17, 15) is 4.79 Å². The summed E-state index contributed by atoms with van der Waals surface area (Å²) in [6.07, 6.45) is 0.